The van der Waals surface area contributed by atoms with E-state index in [1.54, 1.807) is 36.4 Å². The number of likely N-dealkylation sites (N-methyl/N-ethyl adjacent to an activating group) is 1. The molecule has 3 aromatic rings. The van der Waals surface area contributed by atoms with Crippen LogP contribution in [-0.2, 0) is 32.6 Å². The van der Waals surface area contributed by atoms with Crippen molar-refractivity contribution >= 4 is 50.7 Å². The molecule has 0 saturated carbocycles. The summed E-state index contributed by atoms with van der Waals surface area (Å²) in [6.45, 7) is 3.28. The summed E-state index contributed by atoms with van der Waals surface area (Å²) in [7, 11) is -2.34. The number of rotatable bonds is 10. The van der Waals surface area contributed by atoms with Crippen LogP contribution in [0.4, 0.5) is 5.69 Å². The van der Waals surface area contributed by atoms with Crippen LogP contribution in [0.3, 0.4) is 0 Å². The van der Waals surface area contributed by atoms with Crippen LogP contribution in [0.2, 0.25) is 10.0 Å². The van der Waals surface area contributed by atoms with Gasteiger partial charge in [-0.1, -0.05) is 65.7 Å². The minimum absolute atomic E-state index is 0.0235. The average Bonchev–Trinajstić information content (AvgIpc) is 2.87. The van der Waals surface area contributed by atoms with Gasteiger partial charge in [0.15, 0.2) is 0 Å². The number of sulfonamides is 1. The van der Waals surface area contributed by atoms with Gasteiger partial charge in [-0.15, -0.1) is 0 Å². The molecule has 1 N–H and O–H groups in total. The highest BCUT2D eigenvalue weighted by atomic mass is 35.5. The number of amides is 2. The van der Waals surface area contributed by atoms with Crippen LogP contribution in [0.15, 0.2) is 66.7 Å². The van der Waals surface area contributed by atoms with Gasteiger partial charge in [-0.25, -0.2) is 8.42 Å². The Balaban J connectivity index is 2.06. The second kappa shape index (κ2) is 12.7. The molecule has 0 spiro atoms. The fraction of sp³-hybridized carbons (Fsp3) is 0.286. The van der Waals surface area contributed by atoms with Crippen molar-refractivity contribution in [2.45, 2.75) is 32.9 Å². The molecule has 0 aliphatic heterocycles. The van der Waals surface area contributed by atoms with Crippen LogP contribution in [0, 0.1) is 13.8 Å². The average molecular weight is 577 g/mol. The first-order valence-electron chi connectivity index (χ1n) is 11.9. The fourth-order valence-electron chi connectivity index (χ4n) is 4.05. The second-order valence-corrected chi connectivity index (χ2v) is 11.9. The van der Waals surface area contributed by atoms with E-state index in [4.69, 9.17) is 23.2 Å². The van der Waals surface area contributed by atoms with Gasteiger partial charge in [-0.3, -0.25) is 13.9 Å². The van der Waals surface area contributed by atoms with Gasteiger partial charge in [-0.2, -0.15) is 0 Å². The van der Waals surface area contributed by atoms with Crippen molar-refractivity contribution in [2.24, 2.45) is 0 Å². The fourth-order valence-corrected chi connectivity index (χ4v) is 5.36. The number of benzene rings is 3. The first-order valence-corrected chi connectivity index (χ1v) is 14.5. The van der Waals surface area contributed by atoms with E-state index in [0.29, 0.717) is 21.3 Å². The largest absolute Gasteiger partial charge is 0.357 e. The third-order valence-corrected chi connectivity index (χ3v) is 8.06. The molecule has 0 saturated heterocycles. The van der Waals surface area contributed by atoms with Crippen molar-refractivity contribution in [2.75, 3.05) is 24.2 Å². The zero-order chi connectivity index (χ0) is 28.0. The maximum absolute atomic E-state index is 13.9. The third kappa shape index (κ3) is 7.49. The van der Waals surface area contributed by atoms with Crippen molar-refractivity contribution in [1.29, 1.82) is 0 Å². The Morgan fingerprint density at radius 3 is 2.21 bits per heavy atom. The van der Waals surface area contributed by atoms with E-state index in [0.717, 1.165) is 27.3 Å². The van der Waals surface area contributed by atoms with Crippen LogP contribution in [0.5, 0.6) is 0 Å². The normalized spacial score (nSPS) is 12.1. The standard InChI is InChI=1S/C28H31Cl2N3O4S/c1-19-10-13-24(14-20(19)2)33(38(4,36)37)18-27(34)32(17-22-11-12-23(29)16-25(22)30)26(28(35)31-3)15-21-8-6-5-7-9-21/h5-14,16,26H,15,17-18H2,1-4H3,(H,31,35)/t26-/m1/s1. The van der Waals surface area contributed by atoms with Gasteiger partial charge in [-0.05, 0) is 60.4 Å². The highest BCUT2D eigenvalue weighted by Crippen LogP contribution is 2.26. The Morgan fingerprint density at radius 1 is 0.947 bits per heavy atom. The van der Waals surface area contributed by atoms with E-state index in [-0.39, 0.29) is 18.9 Å². The second-order valence-electron chi connectivity index (χ2n) is 9.12. The van der Waals surface area contributed by atoms with Crippen molar-refractivity contribution in [3.63, 3.8) is 0 Å². The third-order valence-electron chi connectivity index (χ3n) is 6.33. The number of nitrogens with one attached hydrogen (secondary N) is 1. The molecule has 3 aromatic carbocycles. The van der Waals surface area contributed by atoms with Gasteiger partial charge in [0.25, 0.3) is 0 Å². The lowest BCUT2D eigenvalue weighted by atomic mass is 10.0. The topological polar surface area (TPSA) is 86.8 Å². The molecular weight excluding hydrogens is 545 g/mol. The molecule has 0 aliphatic rings. The minimum atomic E-state index is -3.83. The van der Waals surface area contributed by atoms with E-state index >= 15 is 0 Å². The number of anilines is 1. The lowest BCUT2D eigenvalue weighted by molar-refractivity contribution is -0.139. The lowest BCUT2D eigenvalue weighted by Crippen LogP contribution is -2.52. The zero-order valence-corrected chi connectivity index (χ0v) is 24.1. The van der Waals surface area contributed by atoms with Gasteiger partial charge >= 0.3 is 0 Å². The Labute approximate surface area is 234 Å². The maximum Gasteiger partial charge on any atom is 0.244 e. The predicted molar refractivity (Wildman–Crippen MR) is 153 cm³/mol. The zero-order valence-electron chi connectivity index (χ0n) is 21.7. The minimum Gasteiger partial charge on any atom is -0.357 e. The molecule has 2 amide bonds. The summed E-state index contributed by atoms with van der Waals surface area (Å²) in [6, 6.07) is 18.5. The Kier molecular flexibility index (Phi) is 9.82. The van der Waals surface area contributed by atoms with Gasteiger partial charge in [0.1, 0.15) is 12.6 Å². The molecule has 1 atom stereocenters. The summed E-state index contributed by atoms with van der Waals surface area (Å²) in [5.41, 5.74) is 3.67. The van der Waals surface area contributed by atoms with Gasteiger partial charge in [0.2, 0.25) is 21.8 Å². The summed E-state index contributed by atoms with van der Waals surface area (Å²) in [4.78, 5) is 28.4. The number of hydrogen-bond acceptors (Lipinski definition) is 4. The summed E-state index contributed by atoms with van der Waals surface area (Å²) in [5.74, 6) is -0.937. The van der Waals surface area contributed by atoms with E-state index < -0.39 is 28.5 Å². The Morgan fingerprint density at radius 2 is 1.63 bits per heavy atom. The number of nitrogens with zero attached hydrogens (tertiary/aromatic N) is 2. The first kappa shape index (κ1) is 29.5. The lowest BCUT2D eigenvalue weighted by Gasteiger charge is -2.33. The monoisotopic (exact) mass is 575 g/mol. The first-order chi connectivity index (χ1) is 17.9. The Bertz CT molecular complexity index is 1410. The molecule has 0 radical (unpaired) electrons. The van der Waals surface area contributed by atoms with Crippen LogP contribution >= 0.6 is 23.2 Å². The van der Waals surface area contributed by atoms with E-state index in [1.165, 1.54) is 11.9 Å². The van der Waals surface area contributed by atoms with Crippen molar-refractivity contribution in [3.8, 4) is 0 Å². The number of carbonyl (C=O) groups excluding carboxylic acids is 2. The molecule has 38 heavy (non-hydrogen) atoms. The molecule has 0 aliphatic carbocycles. The molecule has 0 unspecified atom stereocenters. The van der Waals surface area contributed by atoms with Crippen molar-refractivity contribution in [3.05, 3.63) is 99.0 Å². The number of halogens is 2. The van der Waals surface area contributed by atoms with E-state index in [2.05, 4.69) is 5.32 Å². The molecule has 3 rings (SSSR count). The number of hydrogen-bond donors (Lipinski definition) is 1. The predicted octanol–water partition coefficient (Wildman–Crippen LogP) is 4.76. The summed E-state index contributed by atoms with van der Waals surface area (Å²) < 4.78 is 26.7. The number of aryl methyl sites for hydroxylation is 2. The van der Waals surface area contributed by atoms with Gasteiger partial charge in [0.05, 0.1) is 11.9 Å². The Hall–Kier alpha value is -3.07. The SMILES string of the molecule is CNC(=O)[C@@H](Cc1ccccc1)N(Cc1ccc(Cl)cc1Cl)C(=O)CN(c1ccc(C)c(C)c1)S(C)(=O)=O. The van der Waals surface area contributed by atoms with Crippen molar-refractivity contribution in [1.82, 2.24) is 10.2 Å². The molecule has 10 heteroatoms. The molecule has 0 fully saturated rings. The summed E-state index contributed by atoms with van der Waals surface area (Å²) in [6.07, 6.45) is 1.27. The molecule has 202 valence electrons. The maximum atomic E-state index is 13.9. The number of carbonyl (C=O) groups is 2. The van der Waals surface area contributed by atoms with Crippen LogP contribution in [-0.4, -0.2) is 51.0 Å². The molecule has 0 bridgehead atoms. The highest BCUT2D eigenvalue weighted by molar-refractivity contribution is 7.92. The summed E-state index contributed by atoms with van der Waals surface area (Å²) >= 11 is 12.5. The van der Waals surface area contributed by atoms with Crippen LogP contribution < -0.4 is 9.62 Å². The van der Waals surface area contributed by atoms with Gasteiger partial charge < -0.3 is 10.2 Å². The van der Waals surface area contributed by atoms with Crippen LogP contribution in [0.25, 0.3) is 0 Å². The van der Waals surface area contributed by atoms with Crippen LogP contribution in [0.1, 0.15) is 22.3 Å². The quantitative estimate of drug-likeness (QED) is 0.377. The molecule has 0 aromatic heterocycles. The molecular formula is C28H31Cl2N3O4S. The smallest absolute Gasteiger partial charge is 0.244 e. The highest BCUT2D eigenvalue weighted by Gasteiger charge is 2.33. The molecule has 7 nitrogen and oxygen atoms in total. The van der Waals surface area contributed by atoms with E-state index in [1.807, 2.05) is 44.2 Å². The van der Waals surface area contributed by atoms with Gasteiger partial charge in [0, 0.05) is 30.1 Å². The summed E-state index contributed by atoms with van der Waals surface area (Å²) in [5, 5.41) is 3.41. The molecule has 0 heterocycles. The van der Waals surface area contributed by atoms with Crippen molar-refractivity contribution < 1.29 is 18.0 Å². The van der Waals surface area contributed by atoms with E-state index in [9.17, 15) is 18.0 Å².